The van der Waals surface area contributed by atoms with E-state index >= 15 is 0 Å². The summed E-state index contributed by atoms with van der Waals surface area (Å²) in [5.41, 5.74) is 5.35. The minimum atomic E-state index is 0.785. The first-order chi connectivity index (χ1) is 33.3. The maximum absolute atomic E-state index is 2.61. The Morgan fingerprint density at radius 2 is 0.463 bits per heavy atom. The van der Waals surface area contributed by atoms with Crippen LogP contribution in [0.3, 0.4) is 0 Å². The third-order valence-corrected chi connectivity index (χ3v) is 16.1. The molecule has 1 aromatic rings. The van der Waals surface area contributed by atoms with Gasteiger partial charge < -0.3 is 0 Å². The highest BCUT2D eigenvalue weighted by atomic mass is 14.2. The van der Waals surface area contributed by atoms with Gasteiger partial charge in [-0.2, -0.15) is 0 Å². The van der Waals surface area contributed by atoms with E-state index < -0.39 is 0 Å². The molecule has 0 bridgehead atoms. The topological polar surface area (TPSA) is 0 Å². The SMILES string of the molecule is CCCCCCCCCCCCCCCCCCCCCCCCCCCCCCCCC(CCCCCCCCCC)c1cccc(CCCCCCCCC)c1CCCCCCCCC. The van der Waals surface area contributed by atoms with E-state index in [1.54, 1.807) is 11.1 Å². The van der Waals surface area contributed by atoms with E-state index in [9.17, 15) is 0 Å². The number of aryl methyl sites for hydroxylation is 1. The Kier molecular flexibility index (Phi) is 52.3. The minimum Gasteiger partial charge on any atom is -0.0654 e. The number of hydrogen-bond donors (Lipinski definition) is 0. The fourth-order valence-electron chi connectivity index (χ4n) is 11.5. The van der Waals surface area contributed by atoms with E-state index in [0.717, 1.165) is 5.92 Å². The van der Waals surface area contributed by atoms with Crippen molar-refractivity contribution in [1.29, 1.82) is 0 Å². The van der Waals surface area contributed by atoms with Crippen molar-refractivity contribution in [2.45, 2.75) is 393 Å². The molecule has 67 heavy (non-hydrogen) atoms. The second kappa shape index (κ2) is 54.6. The summed E-state index contributed by atoms with van der Waals surface area (Å²) in [6.45, 7) is 9.35. The maximum atomic E-state index is 2.61. The lowest BCUT2D eigenvalue weighted by Gasteiger charge is -2.24. The van der Waals surface area contributed by atoms with Gasteiger partial charge in [-0.25, -0.2) is 0 Å². The Labute approximate surface area is 426 Å². The van der Waals surface area contributed by atoms with Crippen molar-refractivity contribution in [3.63, 3.8) is 0 Å². The van der Waals surface area contributed by atoms with Crippen LogP contribution in [0.1, 0.15) is 397 Å². The fraction of sp³-hybridized carbons (Fsp3) is 0.910. The van der Waals surface area contributed by atoms with Crippen LogP contribution in [0.5, 0.6) is 0 Å². The van der Waals surface area contributed by atoms with Crippen molar-refractivity contribution in [3.8, 4) is 0 Å². The first-order valence-electron chi connectivity index (χ1n) is 32.4. The molecule has 396 valence electrons. The third kappa shape index (κ3) is 43.7. The second-order valence-electron chi connectivity index (χ2n) is 22.7. The molecule has 0 spiro atoms. The van der Waals surface area contributed by atoms with E-state index in [1.807, 2.05) is 5.56 Å². The Bertz CT molecular complexity index is 1050. The average molecular weight is 934 g/mol. The molecule has 1 unspecified atom stereocenters. The van der Waals surface area contributed by atoms with Crippen molar-refractivity contribution in [2.75, 3.05) is 0 Å². The summed E-state index contributed by atoms with van der Waals surface area (Å²) in [5, 5.41) is 0. The van der Waals surface area contributed by atoms with E-state index in [-0.39, 0.29) is 0 Å². The molecule has 1 aromatic carbocycles. The molecule has 0 amide bonds. The van der Waals surface area contributed by atoms with Gasteiger partial charge in [0, 0.05) is 0 Å². The molecule has 0 heteroatoms. The number of hydrogen-bond acceptors (Lipinski definition) is 0. The van der Waals surface area contributed by atoms with Crippen LogP contribution in [-0.2, 0) is 12.8 Å². The van der Waals surface area contributed by atoms with E-state index in [2.05, 4.69) is 45.9 Å². The molecular formula is C67H128. The molecular weight excluding hydrogens is 805 g/mol. The quantitative estimate of drug-likeness (QED) is 0.0571. The standard InChI is InChI=1S/C67H128/c1-5-9-13-17-21-23-24-25-26-27-28-29-30-31-32-33-34-35-36-37-38-39-40-41-42-43-44-48-51-54-59-64(58-53-50-47-22-18-14-10-6-2)67-63-57-61-65(60-55-49-45-19-15-11-7-3)66(67)62-56-52-46-20-16-12-8-4/h57,61,63-64H,5-56,58-60,62H2,1-4H3. The molecule has 0 aliphatic rings. The largest absolute Gasteiger partial charge is 0.0654 e. The van der Waals surface area contributed by atoms with Crippen molar-refractivity contribution in [1.82, 2.24) is 0 Å². The van der Waals surface area contributed by atoms with E-state index in [0.29, 0.717) is 0 Å². The van der Waals surface area contributed by atoms with E-state index in [1.165, 1.54) is 360 Å². The van der Waals surface area contributed by atoms with Crippen LogP contribution in [-0.4, -0.2) is 0 Å². The molecule has 1 atom stereocenters. The lowest BCUT2D eigenvalue weighted by atomic mass is 9.81. The van der Waals surface area contributed by atoms with Crippen LogP contribution >= 0.6 is 0 Å². The normalized spacial score (nSPS) is 12.2. The van der Waals surface area contributed by atoms with Gasteiger partial charge in [-0.3, -0.25) is 0 Å². The molecule has 0 aromatic heterocycles. The van der Waals surface area contributed by atoms with Crippen LogP contribution in [0.25, 0.3) is 0 Å². The molecule has 0 nitrogen and oxygen atoms in total. The van der Waals surface area contributed by atoms with Gasteiger partial charge in [-0.05, 0) is 61.1 Å². The first kappa shape index (κ1) is 64.2. The summed E-state index contributed by atoms with van der Waals surface area (Å²) in [5.74, 6) is 0.785. The summed E-state index contributed by atoms with van der Waals surface area (Å²) in [4.78, 5) is 0. The van der Waals surface area contributed by atoms with Gasteiger partial charge in [-0.15, -0.1) is 0 Å². The monoisotopic (exact) mass is 933 g/mol. The Morgan fingerprint density at radius 3 is 0.731 bits per heavy atom. The van der Waals surface area contributed by atoms with Crippen LogP contribution < -0.4 is 0 Å². The zero-order valence-corrected chi connectivity index (χ0v) is 47.4. The predicted octanol–water partition coefficient (Wildman–Crippen LogP) is 25.0. The summed E-state index contributed by atoms with van der Waals surface area (Å²) in [7, 11) is 0. The second-order valence-corrected chi connectivity index (χ2v) is 22.7. The average Bonchev–Trinajstić information content (AvgIpc) is 3.34. The highest BCUT2D eigenvalue weighted by molar-refractivity contribution is 5.38. The molecule has 0 saturated heterocycles. The number of unbranched alkanes of at least 4 members (excludes halogenated alkanes) is 48. The molecule has 0 N–H and O–H groups in total. The van der Waals surface area contributed by atoms with Gasteiger partial charge in [0.25, 0.3) is 0 Å². The van der Waals surface area contributed by atoms with Gasteiger partial charge >= 0.3 is 0 Å². The van der Waals surface area contributed by atoms with Gasteiger partial charge in [0.1, 0.15) is 0 Å². The Balaban J connectivity index is 2.32. The smallest absolute Gasteiger partial charge is 0.0159 e. The summed E-state index contributed by atoms with van der Waals surface area (Å²) < 4.78 is 0. The van der Waals surface area contributed by atoms with Crippen molar-refractivity contribution in [3.05, 3.63) is 34.9 Å². The molecule has 0 aliphatic carbocycles. The minimum absolute atomic E-state index is 0.785. The van der Waals surface area contributed by atoms with Gasteiger partial charge in [-0.1, -0.05) is 367 Å². The Morgan fingerprint density at radius 1 is 0.239 bits per heavy atom. The van der Waals surface area contributed by atoms with Crippen molar-refractivity contribution < 1.29 is 0 Å². The molecule has 0 radical (unpaired) electrons. The van der Waals surface area contributed by atoms with Crippen LogP contribution in [0, 0.1) is 0 Å². The zero-order chi connectivity index (χ0) is 48.0. The van der Waals surface area contributed by atoms with Gasteiger partial charge in [0.2, 0.25) is 0 Å². The lowest BCUT2D eigenvalue weighted by molar-refractivity contribution is 0.478. The van der Waals surface area contributed by atoms with E-state index in [4.69, 9.17) is 0 Å². The van der Waals surface area contributed by atoms with Crippen molar-refractivity contribution >= 4 is 0 Å². The highest BCUT2D eigenvalue weighted by Gasteiger charge is 2.18. The van der Waals surface area contributed by atoms with Crippen molar-refractivity contribution in [2.24, 2.45) is 0 Å². The lowest BCUT2D eigenvalue weighted by Crippen LogP contribution is -2.08. The zero-order valence-electron chi connectivity index (χ0n) is 47.4. The van der Waals surface area contributed by atoms with Gasteiger partial charge in [0.15, 0.2) is 0 Å². The predicted molar refractivity (Wildman–Crippen MR) is 309 cm³/mol. The van der Waals surface area contributed by atoms with Gasteiger partial charge in [0.05, 0.1) is 0 Å². The number of benzene rings is 1. The third-order valence-electron chi connectivity index (χ3n) is 16.1. The summed E-state index contributed by atoms with van der Waals surface area (Å²) in [6, 6.07) is 7.64. The molecule has 0 saturated carbocycles. The molecule has 0 fully saturated rings. The van der Waals surface area contributed by atoms with Crippen LogP contribution in [0.4, 0.5) is 0 Å². The summed E-state index contributed by atoms with van der Waals surface area (Å²) >= 11 is 0. The summed E-state index contributed by atoms with van der Waals surface area (Å²) in [6.07, 6.45) is 81.2. The number of rotatable bonds is 57. The molecule has 0 aliphatic heterocycles. The highest BCUT2D eigenvalue weighted by Crippen LogP contribution is 2.34. The molecule has 1 rings (SSSR count). The first-order valence-corrected chi connectivity index (χ1v) is 32.4. The Hall–Kier alpha value is -0.780. The molecule has 0 heterocycles. The maximum Gasteiger partial charge on any atom is -0.0159 e. The fourth-order valence-corrected chi connectivity index (χ4v) is 11.5. The van der Waals surface area contributed by atoms with Crippen LogP contribution in [0.15, 0.2) is 18.2 Å². The van der Waals surface area contributed by atoms with Crippen LogP contribution in [0.2, 0.25) is 0 Å².